The van der Waals surface area contributed by atoms with Crippen LogP contribution in [0, 0.1) is 0 Å². The number of anilines is 1. The number of nitrogens with one attached hydrogen (secondary N) is 1. The van der Waals surface area contributed by atoms with Crippen LogP contribution < -0.4 is 5.32 Å². The van der Waals surface area contributed by atoms with E-state index in [4.69, 9.17) is 4.74 Å². The molecule has 0 saturated heterocycles. The molecule has 1 aliphatic rings. The summed E-state index contributed by atoms with van der Waals surface area (Å²) in [6.45, 7) is 0. The van der Waals surface area contributed by atoms with Crippen molar-refractivity contribution in [3.05, 3.63) is 28.2 Å². The zero-order valence-corrected chi connectivity index (χ0v) is 11.3. The van der Waals surface area contributed by atoms with Crippen molar-refractivity contribution in [2.45, 2.75) is 31.2 Å². The van der Waals surface area contributed by atoms with E-state index in [9.17, 15) is 13.2 Å². The van der Waals surface area contributed by atoms with Gasteiger partial charge in [-0.25, -0.2) is 0 Å². The third-order valence-corrected chi connectivity index (χ3v) is 3.57. The van der Waals surface area contributed by atoms with Gasteiger partial charge in [0.2, 0.25) is 0 Å². The molecule has 0 unspecified atom stereocenters. The second-order valence-electron chi connectivity index (χ2n) is 4.36. The first kappa shape index (κ1) is 13.7. The van der Waals surface area contributed by atoms with Crippen molar-refractivity contribution in [2.24, 2.45) is 0 Å². The lowest BCUT2D eigenvalue weighted by Gasteiger charge is -2.35. The first-order chi connectivity index (χ1) is 8.40. The van der Waals surface area contributed by atoms with Crippen LogP contribution in [0.15, 0.2) is 22.7 Å². The lowest BCUT2D eigenvalue weighted by molar-refractivity contribution is -0.137. The summed E-state index contributed by atoms with van der Waals surface area (Å²) in [6.07, 6.45) is -2.71. The summed E-state index contributed by atoms with van der Waals surface area (Å²) in [7, 11) is 1.61. The number of hydrogen-bond acceptors (Lipinski definition) is 2. The Hall–Kier alpha value is -0.750. The molecule has 0 heterocycles. The SMILES string of the molecule is COC1CC(Nc2ccc(Br)cc2C(F)(F)F)C1. The van der Waals surface area contributed by atoms with Crippen LogP contribution in [0.1, 0.15) is 18.4 Å². The number of benzene rings is 1. The molecule has 6 heteroatoms. The molecule has 1 aromatic rings. The predicted molar refractivity (Wildman–Crippen MR) is 66.6 cm³/mol. The number of alkyl halides is 3. The van der Waals surface area contributed by atoms with E-state index < -0.39 is 11.7 Å². The van der Waals surface area contributed by atoms with Crippen LogP contribution >= 0.6 is 15.9 Å². The number of rotatable bonds is 3. The third kappa shape index (κ3) is 2.98. The zero-order chi connectivity index (χ0) is 13.3. The topological polar surface area (TPSA) is 21.3 Å². The van der Waals surface area contributed by atoms with Crippen molar-refractivity contribution in [3.8, 4) is 0 Å². The molecule has 18 heavy (non-hydrogen) atoms. The smallest absolute Gasteiger partial charge is 0.382 e. The van der Waals surface area contributed by atoms with E-state index in [1.807, 2.05) is 0 Å². The summed E-state index contributed by atoms with van der Waals surface area (Å²) < 4.78 is 44.1. The molecular formula is C12H13BrF3NO. The van der Waals surface area contributed by atoms with Gasteiger partial charge in [-0.2, -0.15) is 13.2 Å². The van der Waals surface area contributed by atoms with E-state index >= 15 is 0 Å². The van der Waals surface area contributed by atoms with Gasteiger partial charge in [0.15, 0.2) is 0 Å². The van der Waals surface area contributed by atoms with Gasteiger partial charge in [0.1, 0.15) is 0 Å². The van der Waals surface area contributed by atoms with Crippen LogP contribution in [0.5, 0.6) is 0 Å². The molecule has 0 radical (unpaired) electrons. The first-order valence-electron chi connectivity index (χ1n) is 5.56. The van der Waals surface area contributed by atoms with E-state index in [1.165, 1.54) is 6.07 Å². The van der Waals surface area contributed by atoms with Crippen molar-refractivity contribution < 1.29 is 17.9 Å². The van der Waals surface area contributed by atoms with Crippen molar-refractivity contribution in [2.75, 3.05) is 12.4 Å². The maximum atomic E-state index is 12.9. The maximum Gasteiger partial charge on any atom is 0.418 e. The highest BCUT2D eigenvalue weighted by atomic mass is 79.9. The van der Waals surface area contributed by atoms with Gasteiger partial charge < -0.3 is 10.1 Å². The van der Waals surface area contributed by atoms with E-state index in [0.29, 0.717) is 4.47 Å². The fourth-order valence-corrected chi connectivity index (χ4v) is 2.33. The Kier molecular flexibility index (Phi) is 3.87. The zero-order valence-electron chi connectivity index (χ0n) is 9.72. The molecule has 0 atom stereocenters. The Labute approximate surface area is 112 Å². The average Bonchev–Trinajstić information content (AvgIpc) is 2.23. The van der Waals surface area contributed by atoms with Crippen molar-refractivity contribution in [1.82, 2.24) is 0 Å². The van der Waals surface area contributed by atoms with Gasteiger partial charge in [-0.1, -0.05) is 15.9 Å². The van der Waals surface area contributed by atoms with Gasteiger partial charge in [0.25, 0.3) is 0 Å². The summed E-state index contributed by atoms with van der Waals surface area (Å²) in [5.41, 5.74) is -0.511. The van der Waals surface area contributed by atoms with E-state index in [-0.39, 0.29) is 17.8 Å². The second kappa shape index (κ2) is 5.09. The molecule has 0 amide bonds. The monoisotopic (exact) mass is 323 g/mol. The van der Waals surface area contributed by atoms with Crippen LogP contribution in [0.2, 0.25) is 0 Å². The highest BCUT2D eigenvalue weighted by Crippen LogP contribution is 2.38. The molecule has 0 spiro atoms. The van der Waals surface area contributed by atoms with Gasteiger partial charge in [-0.3, -0.25) is 0 Å². The Bertz CT molecular complexity index is 430. The summed E-state index contributed by atoms with van der Waals surface area (Å²) in [4.78, 5) is 0. The van der Waals surface area contributed by atoms with Crippen molar-refractivity contribution in [3.63, 3.8) is 0 Å². The molecular weight excluding hydrogens is 311 g/mol. The van der Waals surface area contributed by atoms with Crippen LogP contribution in [0.25, 0.3) is 0 Å². The lowest BCUT2D eigenvalue weighted by Crippen LogP contribution is -2.40. The quantitative estimate of drug-likeness (QED) is 0.905. The summed E-state index contributed by atoms with van der Waals surface area (Å²) in [5.74, 6) is 0. The molecule has 1 aromatic carbocycles. The van der Waals surface area contributed by atoms with Crippen LogP contribution in [0.4, 0.5) is 18.9 Å². The highest BCUT2D eigenvalue weighted by Gasteiger charge is 2.36. The minimum Gasteiger partial charge on any atom is -0.382 e. The molecule has 1 saturated carbocycles. The van der Waals surface area contributed by atoms with Crippen molar-refractivity contribution >= 4 is 21.6 Å². The molecule has 0 bridgehead atoms. The number of halogens is 4. The molecule has 1 fully saturated rings. The van der Waals surface area contributed by atoms with Crippen LogP contribution in [0.3, 0.4) is 0 Å². The van der Waals surface area contributed by atoms with Gasteiger partial charge >= 0.3 is 6.18 Å². The largest absolute Gasteiger partial charge is 0.418 e. The normalized spacial score (nSPS) is 23.6. The van der Waals surface area contributed by atoms with E-state index in [0.717, 1.165) is 18.9 Å². The Balaban J connectivity index is 2.13. The first-order valence-corrected chi connectivity index (χ1v) is 6.35. The fourth-order valence-electron chi connectivity index (χ4n) is 1.97. The molecule has 0 aromatic heterocycles. The van der Waals surface area contributed by atoms with Crippen molar-refractivity contribution in [1.29, 1.82) is 0 Å². The molecule has 1 aliphatic carbocycles. The fraction of sp³-hybridized carbons (Fsp3) is 0.500. The van der Waals surface area contributed by atoms with Gasteiger partial charge in [-0.15, -0.1) is 0 Å². The average molecular weight is 324 g/mol. The maximum absolute atomic E-state index is 12.9. The van der Waals surface area contributed by atoms with Gasteiger partial charge in [0.05, 0.1) is 11.7 Å². The Morgan fingerprint density at radius 2 is 2.00 bits per heavy atom. The molecule has 100 valence electrons. The second-order valence-corrected chi connectivity index (χ2v) is 5.27. The predicted octanol–water partition coefficient (Wildman–Crippen LogP) is 4.06. The molecule has 1 N–H and O–H groups in total. The number of methoxy groups -OCH3 is 1. The standard InChI is InChI=1S/C12H13BrF3NO/c1-18-9-5-8(6-9)17-11-3-2-7(13)4-10(11)12(14,15)16/h2-4,8-9,17H,5-6H2,1H3. The van der Waals surface area contributed by atoms with E-state index in [2.05, 4.69) is 21.2 Å². The third-order valence-electron chi connectivity index (χ3n) is 3.07. The molecule has 2 rings (SSSR count). The minimum atomic E-state index is -4.35. The van der Waals surface area contributed by atoms with Gasteiger partial charge in [-0.05, 0) is 31.0 Å². The number of ether oxygens (including phenoxy) is 1. The van der Waals surface area contributed by atoms with Crippen LogP contribution in [-0.4, -0.2) is 19.3 Å². The summed E-state index contributed by atoms with van der Waals surface area (Å²) in [5, 5.41) is 2.92. The Morgan fingerprint density at radius 1 is 1.33 bits per heavy atom. The van der Waals surface area contributed by atoms with Gasteiger partial charge in [0, 0.05) is 23.3 Å². The lowest BCUT2D eigenvalue weighted by atomic mass is 9.89. The minimum absolute atomic E-state index is 0.0530. The summed E-state index contributed by atoms with van der Waals surface area (Å²) >= 11 is 3.06. The van der Waals surface area contributed by atoms with E-state index in [1.54, 1.807) is 13.2 Å². The van der Waals surface area contributed by atoms with Crippen LogP contribution in [-0.2, 0) is 10.9 Å². The highest BCUT2D eigenvalue weighted by molar-refractivity contribution is 9.10. The molecule has 0 aliphatic heterocycles. The molecule has 2 nitrogen and oxygen atoms in total. The summed E-state index contributed by atoms with van der Waals surface area (Å²) in [6, 6.07) is 4.20. The Morgan fingerprint density at radius 3 is 2.56 bits per heavy atom. The number of hydrogen-bond donors (Lipinski definition) is 1.